The molecule has 4 aliphatic rings. The minimum atomic E-state index is 0.800. The fraction of sp³-hybridized carbons (Fsp3) is 0.333. The highest BCUT2D eigenvalue weighted by molar-refractivity contribution is 5.75. The van der Waals surface area contributed by atoms with Crippen LogP contribution in [0.3, 0.4) is 0 Å². The Morgan fingerprint density at radius 3 is 2.89 bits per heavy atom. The van der Waals surface area contributed by atoms with Crippen molar-refractivity contribution in [1.29, 1.82) is 0 Å². The maximum absolute atomic E-state index is 2.35. The molecule has 9 heavy (non-hydrogen) atoms. The van der Waals surface area contributed by atoms with Crippen LogP contribution in [0.15, 0.2) is 34.4 Å². The van der Waals surface area contributed by atoms with Crippen LogP contribution >= 0.6 is 0 Å². The van der Waals surface area contributed by atoms with Crippen LogP contribution in [0.2, 0.25) is 0 Å². The highest BCUT2D eigenvalue weighted by atomic mass is 14.4. The van der Waals surface area contributed by atoms with Crippen molar-refractivity contribution in [3.05, 3.63) is 34.4 Å². The van der Waals surface area contributed by atoms with Crippen LogP contribution in [0.5, 0.6) is 0 Å². The van der Waals surface area contributed by atoms with E-state index < -0.39 is 0 Å². The number of hydrogen-bond donors (Lipinski definition) is 0. The van der Waals surface area contributed by atoms with Crippen molar-refractivity contribution in [2.24, 2.45) is 5.92 Å². The van der Waals surface area contributed by atoms with Crippen molar-refractivity contribution >= 4 is 0 Å². The molecular weight excluding hydrogens is 108 g/mol. The number of hydrogen-bond acceptors (Lipinski definition) is 0. The minimum absolute atomic E-state index is 0.800. The Bertz CT molecular complexity index is 287. The Labute approximate surface area is 54.6 Å². The zero-order valence-corrected chi connectivity index (χ0v) is 5.44. The van der Waals surface area contributed by atoms with Crippen molar-refractivity contribution < 1.29 is 0 Å². The molecule has 0 amide bonds. The average Bonchev–Trinajstić information content (AvgIpc) is 2.46. The van der Waals surface area contributed by atoms with Gasteiger partial charge in [-0.05, 0) is 28.7 Å². The third-order valence-electron chi connectivity index (χ3n) is 2.72. The van der Waals surface area contributed by atoms with Gasteiger partial charge in [0.1, 0.15) is 0 Å². The minimum Gasteiger partial charge on any atom is -0.0725 e. The van der Waals surface area contributed by atoms with Crippen molar-refractivity contribution in [3.63, 3.8) is 0 Å². The third-order valence-corrected chi connectivity index (χ3v) is 2.72. The molecule has 0 aromatic heterocycles. The second kappa shape index (κ2) is 0.942. The Balaban J connectivity index is 2.39. The van der Waals surface area contributed by atoms with Gasteiger partial charge >= 0.3 is 0 Å². The molecule has 0 saturated carbocycles. The Hall–Kier alpha value is -0.780. The molecule has 0 N–H and O–H groups in total. The predicted molar refractivity (Wildman–Crippen MR) is 37.0 cm³/mol. The van der Waals surface area contributed by atoms with Gasteiger partial charge in [-0.25, -0.2) is 0 Å². The molecule has 0 heterocycles. The quantitative estimate of drug-likeness (QED) is 0.455. The predicted octanol–water partition coefficient (Wildman–Crippen LogP) is 2.20. The van der Waals surface area contributed by atoms with E-state index in [4.69, 9.17) is 0 Å². The van der Waals surface area contributed by atoms with Gasteiger partial charge in [0.2, 0.25) is 0 Å². The Kier molecular flexibility index (Phi) is 0.429. The summed E-state index contributed by atoms with van der Waals surface area (Å²) in [6.45, 7) is 2.30. The molecule has 0 radical (unpaired) electrons. The van der Waals surface area contributed by atoms with Gasteiger partial charge in [0.15, 0.2) is 0 Å². The molecule has 44 valence electrons. The first kappa shape index (κ1) is 4.10. The first-order valence-electron chi connectivity index (χ1n) is 3.53. The third kappa shape index (κ3) is 0.247. The lowest BCUT2D eigenvalue weighted by Gasteiger charge is -2.24. The summed E-state index contributed by atoms with van der Waals surface area (Å²) in [7, 11) is 0. The molecule has 0 saturated heterocycles. The molecule has 0 nitrogen and oxygen atoms in total. The van der Waals surface area contributed by atoms with Crippen LogP contribution in [0.1, 0.15) is 13.3 Å². The molecule has 4 rings (SSSR count). The van der Waals surface area contributed by atoms with Crippen molar-refractivity contribution in [2.75, 3.05) is 0 Å². The molecule has 0 aliphatic heterocycles. The molecule has 4 aliphatic carbocycles. The van der Waals surface area contributed by atoms with E-state index in [-0.39, 0.29) is 0 Å². The largest absolute Gasteiger partial charge is 0.0725 e. The first-order valence-corrected chi connectivity index (χ1v) is 3.53. The summed E-state index contributed by atoms with van der Waals surface area (Å²) < 4.78 is 0. The van der Waals surface area contributed by atoms with E-state index in [0.717, 1.165) is 5.92 Å². The van der Waals surface area contributed by atoms with E-state index in [1.165, 1.54) is 12.0 Å². The lowest BCUT2D eigenvalue weighted by molar-refractivity contribution is 0.773. The molecule has 4 bridgehead atoms. The van der Waals surface area contributed by atoms with Crippen LogP contribution in [-0.4, -0.2) is 0 Å². The molecule has 0 spiro atoms. The second-order valence-electron chi connectivity index (χ2n) is 3.08. The zero-order valence-electron chi connectivity index (χ0n) is 5.44. The average molecular weight is 116 g/mol. The summed E-state index contributed by atoms with van der Waals surface area (Å²) in [5.74, 6) is 0.800. The number of rotatable bonds is 0. The van der Waals surface area contributed by atoms with Crippen molar-refractivity contribution in [1.82, 2.24) is 0 Å². The molecule has 0 fully saturated rings. The van der Waals surface area contributed by atoms with Gasteiger partial charge in [-0.1, -0.05) is 19.1 Å². The fourth-order valence-electron chi connectivity index (χ4n) is 2.25. The molecular formula is C9H8. The summed E-state index contributed by atoms with van der Waals surface area (Å²) >= 11 is 0. The monoisotopic (exact) mass is 116 g/mol. The van der Waals surface area contributed by atoms with Gasteiger partial charge in [0.05, 0.1) is 0 Å². The van der Waals surface area contributed by atoms with Gasteiger partial charge in [-0.15, -0.1) is 0 Å². The summed E-state index contributed by atoms with van der Waals surface area (Å²) in [6, 6.07) is 0. The van der Waals surface area contributed by atoms with Gasteiger partial charge in [-0.2, -0.15) is 0 Å². The lowest BCUT2D eigenvalue weighted by Crippen LogP contribution is -2.10. The highest BCUT2D eigenvalue weighted by Gasteiger charge is 2.40. The maximum atomic E-state index is 2.35. The Morgan fingerprint density at radius 1 is 1.56 bits per heavy atom. The standard InChI is InChI=1S/C9H8/c1-5-8-4-6-2-3-7(8)9(5)6/h2,4-5H,3H2,1H3/t5-/m0/s1. The van der Waals surface area contributed by atoms with E-state index in [9.17, 15) is 0 Å². The van der Waals surface area contributed by atoms with Gasteiger partial charge in [0.25, 0.3) is 0 Å². The summed E-state index contributed by atoms with van der Waals surface area (Å²) in [5, 5.41) is 0. The van der Waals surface area contributed by atoms with Crippen LogP contribution in [-0.2, 0) is 0 Å². The van der Waals surface area contributed by atoms with Gasteiger partial charge in [-0.3, -0.25) is 0 Å². The van der Waals surface area contributed by atoms with Gasteiger partial charge in [0, 0.05) is 5.92 Å². The van der Waals surface area contributed by atoms with Crippen molar-refractivity contribution in [3.8, 4) is 0 Å². The van der Waals surface area contributed by atoms with Gasteiger partial charge < -0.3 is 0 Å². The SMILES string of the molecule is C[C@H]1C2=CC3=CCC2=C31. The van der Waals surface area contributed by atoms with Crippen LogP contribution < -0.4 is 0 Å². The van der Waals surface area contributed by atoms with E-state index in [1.807, 2.05) is 0 Å². The molecule has 0 aromatic rings. The van der Waals surface area contributed by atoms with E-state index >= 15 is 0 Å². The molecule has 0 aromatic carbocycles. The van der Waals surface area contributed by atoms with Crippen LogP contribution in [0, 0.1) is 5.92 Å². The molecule has 0 heteroatoms. The zero-order chi connectivity index (χ0) is 6.01. The summed E-state index contributed by atoms with van der Waals surface area (Å²) in [6.07, 6.45) is 5.93. The Morgan fingerprint density at radius 2 is 2.44 bits per heavy atom. The highest BCUT2D eigenvalue weighted by Crippen LogP contribution is 2.56. The van der Waals surface area contributed by atoms with E-state index in [2.05, 4.69) is 19.1 Å². The lowest BCUT2D eigenvalue weighted by atomic mass is 9.80. The van der Waals surface area contributed by atoms with Crippen LogP contribution in [0.25, 0.3) is 0 Å². The van der Waals surface area contributed by atoms with E-state index in [1.54, 1.807) is 16.7 Å². The maximum Gasteiger partial charge on any atom is 0.00729 e. The number of allylic oxidation sites excluding steroid dienone is 6. The summed E-state index contributed by atoms with van der Waals surface area (Å²) in [5.41, 5.74) is 6.47. The first-order chi connectivity index (χ1) is 4.38. The second-order valence-corrected chi connectivity index (χ2v) is 3.08. The topological polar surface area (TPSA) is 0 Å². The normalized spacial score (nSPS) is 34.6. The van der Waals surface area contributed by atoms with Crippen molar-refractivity contribution in [2.45, 2.75) is 13.3 Å². The van der Waals surface area contributed by atoms with E-state index in [0.29, 0.717) is 0 Å². The van der Waals surface area contributed by atoms with Crippen LogP contribution in [0.4, 0.5) is 0 Å². The smallest absolute Gasteiger partial charge is 0.00729 e. The molecule has 0 unspecified atom stereocenters. The summed E-state index contributed by atoms with van der Waals surface area (Å²) in [4.78, 5) is 0. The fourth-order valence-corrected chi connectivity index (χ4v) is 2.25. The molecule has 1 atom stereocenters.